The number of thiophene rings is 1. The maximum atomic E-state index is 3.43. The third-order valence-electron chi connectivity index (χ3n) is 3.13. The summed E-state index contributed by atoms with van der Waals surface area (Å²) in [6.07, 6.45) is 2.60. The maximum Gasteiger partial charge on any atom is 0.0345 e. The van der Waals surface area contributed by atoms with Crippen molar-refractivity contribution in [1.29, 1.82) is 0 Å². The van der Waals surface area contributed by atoms with Crippen molar-refractivity contribution in [1.82, 2.24) is 5.32 Å². The highest BCUT2D eigenvalue weighted by Crippen LogP contribution is 2.28. The van der Waals surface area contributed by atoms with Gasteiger partial charge in [0.05, 0.1) is 0 Å². The zero-order valence-corrected chi connectivity index (χ0v) is 9.52. The van der Waals surface area contributed by atoms with Crippen LogP contribution in [0.2, 0.25) is 0 Å². The Balaban J connectivity index is 1.84. The molecule has 1 saturated heterocycles. The molecule has 0 spiro atoms. The number of hydrogen-bond acceptors (Lipinski definition) is 2. The second-order valence-corrected chi connectivity index (χ2v) is 5.48. The van der Waals surface area contributed by atoms with Gasteiger partial charge in [-0.05, 0) is 49.4 Å². The van der Waals surface area contributed by atoms with Crippen molar-refractivity contribution in [2.45, 2.75) is 12.8 Å². The molecular weight excluding hydrogens is 202 g/mol. The van der Waals surface area contributed by atoms with Crippen molar-refractivity contribution in [3.8, 4) is 0 Å². The molecule has 1 atom stereocenters. The smallest absolute Gasteiger partial charge is 0.0345 e. The lowest BCUT2D eigenvalue weighted by molar-refractivity contribution is 0.585. The van der Waals surface area contributed by atoms with Crippen LogP contribution in [-0.4, -0.2) is 13.1 Å². The molecule has 1 fully saturated rings. The Labute approximate surface area is 94.1 Å². The van der Waals surface area contributed by atoms with E-state index in [4.69, 9.17) is 0 Å². The first kappa shape index (κ1) is 9.37. The average molecular weight is 217 g/mol. The zero-order valence-electron chi connectivity index (χ0n) is 8.70. The molecule has 2 heterocycles. The summed E-state index contributed by atoms with van der Waals surface area (Å²) in [6.45, 7) is 2.41. The van der Waals surface area contributed by atoms with Crippen molar-refractivity contribution in [3.05, 3.63) is 35.2 Å². The molecule has 78 valence electrons. The Morgan fingerprint density at radius 3 is 3.07 bits per heavy atom. The fourth-order valence-corrected chi connectivity index (χ4v) is 3.49. The molecule has 1 aliphatic rings. The van der Waals surface area contributed by atoms with Crippen LogP contribution in [0.3, 0.4) is 0 Å². The first-order chi connectivity index (χ1) is 7.42. The molecular formula is C13H15NS. The topological polar surface area (TPSA) is 12.0 Å². The zero-order chi connectivity index (χ0) is 10.1. The second-order valence-electron chi connectivity index (χ2n) is 4.31. The number of nitrogens with one attached hydrogen (secondary N) is 1. The first-order valence-corrected chi connectivity index (χ1v) is 6.41. The summed E-state index contributed by atoms with van der Waals surface area (Å²) in [5.41, 5.74) is 0. The summed E-state index contributed by atoms with van der Waals surface area (Å²) in [7, 11) is 0. The highest BCUT2D eigenvalue weighted by Gasteiger charge is 2.15. The molecule has 0 bridgehead atoms. The Morgan fingerprint density at radius 1 is 1.33 bits per heavy atom. The Bertz CT molecular complexity index is 421. The normalized spacial score (nSPS) is 21.2. The number of hydrogen-bond donors (Lipinski definition) is 1. The van der Waals surface area contributed by atoms with Gasteiger partial charge >= 0.3 is 0 Å². The monoisotopic (exact) mass is 217 g/mol. The largest absolute Gasteiger partial charge is 0.316 e. The van der Waals surface area contributed by atoms with Crippen LogP contribution in [-0.2, 0) is 6.42 Å². The van der Waals surface area contributed by atoms with Gasteiger partial charge in [0, 0.05) is 9.58 Å². The second kappa shape index (κ2) is 3.95. The first-order valence-electron chi connectivity index (χ1n) is 5.60. The van der Waals surface area contributed by atoms with Gasteiger partial charge in [-0.1, -0.05) is 18.2 Å². The number of fused-ring (bicyclic) bond motifs is 1. The molecule has 0 saturated carbocycles. The Morgan fingerprint density at radius 2 is 2.27 bits per heavy atom. The predicted octanol–water partition coefficient (Wildman–Crippen LogP) is 3.05. The van der Waals surface area contributed by atoms with E-state index in [9.17, 15) is 0 Å². The van der Waals surface area contributed by atoms with Crippen LogP contribution >= 0.6 is 11.3 Å². The third kappa shape index (κ3) is 1.92. The Kier molecular flexibility index (Phi) is 2.47. The van der Waals surface area contributed by atoms with Gasteiger partial charge in [-0.15, -0.1) is 11.3 Å². The molecule has 2 aromatic rings. The van der Waals surface area contributed by atoms with Gasteiger partial charge in [0.1, 0.15) is 0 Å². The molecule has 1 unspecified atom stereocenters. The van der Waals surface area contributed by atoms with E-state index >= 15 is 0 Å². The van der Waals surface area contributed by atoms with Crippen molar-refractivity contribution in [2.24, 2.45) is 5.92 Å². The lowest BCUT2D eigenvalue weighted by Gasteiger charge is -2.04. The van der Waals surface area contributed by atoms with Crippen LogP contribution in [0.1, 0.15) is 11.3 Å². The van der Waals surface area contributed by atoms with Gasteiger partial charge in [-0.2, -0.15) is 0 Å². The molecule has 1 N–H and O–H groups in total. The van der Waals surface area contributed by atoms with Crippen LogP contribution in [0.4, 0.5) is 0 Å². The summed E-state index contributed by atoms with van der Waals surface area (Å²) in [4.78, 5) is 1.55. The van der Waals surface area contributed by atoms with Gasteiger partial charge in [-0.3, -0.25) is 0 Å². The van der Waals surface area contributed by atoms with Crippen LogP contribution in [0.25, 0.3) is 10.1 Å². The molecule has 15 heavy (non-hydrogen) atoms. The van der Waals surface area contributed by atoms with E-state index in [0.717, 1.165) is 5.92 Å². The summed E-state index contributed by atoms with van der Waals surface area (Å²) in [5, 5.41) is 4.84. The Hall–Kier alpha value is -0.860. The molecule has 1 aromatic carbocycles. The van der Waals surface area contributed by atoms with E-state index in [2.05, 4.69) is 35.6 Å². The predicted molar refractivity (Wildman–Crippen MR) is 66.5 cm³/mol. The number of rotatable bonds is 2. The maximum absolute atomic E-state index is 3.43. The molecule has 3 rings (SSSR count). The van der Waals surface area contributed by atoms with Crippen LogP contribution < -0.4 is 5.32 Å². The van der Waals surface area contributed by atoms with Gasteiger partial charge < -0.3 is 5.32 Å². The van der Waals surface area contributed by atoms with E-state index in [1.807, 2.05) is 11.3 Å². The van der Waals surface area contributed by atoms with Crippen LogP contribution in [0.15, 0.2) is 30.3 Å². The highest BCUT2D eigenvalue weighted by molar-refractivity contribution is 7.19. The highest BCUT2D eigenvalue weighted by atomic mass is 32.1. The summed E-state index contributed by atoms with van der Waals surface area (Å²) >= 11 is 1.96. The molecule has 0 radical (unpaired) electrons. The lowest BCUT2D eigenvalue weighted by atomic mass is 10.0. The molecule has 0 aliphatic carbocycles. The van der Waals surface area contributed by atoms with Crippen LogP contribution in [0.5, 0.6) is 0 Å². The van der Waals surface area contributed by atoms with Gasteiger partial charge in [0.2, 0.25) is 0 Å². The third-order valence-corrected chi connectivity index (χ3v) is 4.27. The van der Waals surface area contributed by atoms with E-state index in [-0.39, 0.29) is 0 Å². The van der Waals surface area contributed by atoms with Crippen molar-refractivity contribution in [3.63, 3.8) is 0 Å². The average Bonchev–Trinajstić information content (AvgIpc) is 2.86. The van der Waals surface area contributed by atoms with E-state index in [0.29, 0.717) is 0 Å². The van der Waals surface area contributed by atoms with Crippen LogP contribution in [0, 0.1) is 5.92 Å². The summed E-state index contributed by atoms with van der Waals surface area (Å²) in [6, 6.07) is 11.0. The minimum absolute atomic E-state index is 0.859. The van der Waals surface area contributed by atoms with E-state index in [1.54, 1.807) is 4.88 Å². The van der Waals surface area contributed by atoms with Crippen molar-refractivity contribution >= 4 is 21.4 Å². The molecule has 2 heteroatoms. The lowest BCUT2D eigenvalue weighted by Crippen LogP contribution is -2.10. The van der Waals surface area contributed by atoms with Gasteiger partial charge in [0.15, 0.2) is 0 Å². The van der Waals surface area contributed by atoms with Gasteiger partial charge in [-0.25, -0.2) is 0 Å². The van der Waals surface area contributed by atoms with E-state index < -0.39 is 0 Å². The minimum atomic E-state index is 0.859. The van der Waals surface area contributed by atoms with Crippen molar-refractivity contribution < 1.29 is 0 Å². The SMILES string of the molecule is c1ccc2sc(CC3CCNC3)cc2c1. The summed E-state index contributed by atoms with van der Waals surface area (Å²) < 4.78 is 1.43. The van der Waals surface area contributed by atoms with E-state index in [1.165, 1.54) is 36.0 Å². The number of benzene rings is 1. The molecule has 1 nitrogen and oxygen atoms in total. The quantitative estimate of drug-likeness (QED) is 0.815. The molecule has 1 aromatic heterocycles. The fraction of sp³-hybridized carbons (Fsp3) is 0.385. The van der Waals surface area contributed by atoms with Gasteiger partial charge in [0.25, 0.3) is 0 Å². The standard InChI is InChI=1S/C13H15NS/c1-2-4-13-11(3-1)8-12(15-13)7-10-5-6-14-9-10/h1-4,8,10,14H,5-7,9H2. The minimum Gasteiger partial charge on any atom is -0.316 e. The fourth-order valence-electron chi connectivity index (χ4n) is 2.31. The molecule has 0 amide bonds. The molecule has 1 aliphatic heterocycles. The van der Waals surface area contributed by atoms with Crippen molar-refractivity contribution in [2.75, 3.05) is 13.1 Å². The summed E-state index contributed by atoms with van der Waals surface area (Å²) in [5.74, 6) is 0.859.